The van der Waals surface area contributed by atoms with Crippen molar-refractivity contribution in [2.24, 2.45) is 5.41 Å². The summed E-state index contributed by atoms with van der Waals surface area (Å²) in [6.45, 7) is 6.25. The van der Waals surface area contributed by atoms with E-state index in [9.17, 15) is 0 Å². The Morgan fingerprint density at radius 3 is 3.00 bits per heavy atom. The van der Waals surface area contributed by atoms with E-state index in [0.717, 1.165) is 49.9 Å². The van der Waals surface area contributed by atoms with Crippen LogP contribution in [0.3, 0.4) is 0 Å². The summed E-state index contributed by atoms with van der Waals surface area (Å²) in [6.07, 6.45) is 7.32. The molecule has 3 heterocycles. The molecule has 0 bridgehead atoms. The van der Waals surface area contributed by atoms with Gasteiger partial charge >= 0.3 is 0 Å². The molecule has 26 heavy (non-hydrogen) atoms. The van der Waals surface area contributed by atoms with Crippen LogP contribution < -0.4 is 4.74 Å². The summed E-state index contributed by atoms with van der Waals surface area (Å²) < 4.78 is 5.65. The number of likely N-dealkylation sites (tertiary alicyclic amines) is 1. The van der Waals surface area contributed by atoms with Gasteiger partial charge in [0.05, 0.1) is 6.61 Å². The smallest absolute Gasteiger partial charge is 0.155 e. The predicted molar refractivity (Wildman–Crippen MR) is 100 cm³/mol. The largest absolute Gasteiger partial charge is 0.493 e. The summed E-state index contributed by atoms with van der Waals surface area (Å²) >= 11 is 0. The van der Waals surface area contributed by atoms with Crippen molar-refractivity contribution in [2.75, 3.05) is 19.7 Å². The average molecular weight is 352 g/mol. The Labute approximate surface area is 155 Å². The molecule has 0 amide bonds. The molecular formula is C21H28N4O. The molecule has 2 aromatic rings. The normalized spacial score (nSPS) is 24.3. The second-order valence-electron chi connectivity index (χ2n) is 8.33. The third-order valence-corrected chi connectivity index (χ3v) is 6.67. The van der Waals surface area contributed by atoms with Crippen molar-refractivity contribution in [1.82, 2.24) is 20.1 Å². The van der Waals surface area contributed by atoms with E-state index in [2.05, 4.69) is 40.2 Å². The molecule has 1 N–H and O–H groups in total. The van der Waals surface area contributed by atoms with Gasteiger partial charge < -0.3 is 4.74 Å². The molecule has 0 radical (unpaired) electrons. The van der Waals surface area contributed by atoms with E-state index in [1.165, 1.54) is 43.4 Å². The zero-order valence-corrected chi connectivity index (χ0v) is 15.6. The number of nitrogens with one attached hydrogen (secondary N) is 1. The van der Waals surface area contributed by atoms with Gasteiger partial charge in [0, 0.05) is 38.4 Å². The summed E-state index contributed by atoms with van der Waals surface area (Å²) in [5, 5.41) is 7.74. The molecule has 1 aliphatic carbocycles. The number of nitrogens with zero attached hydrogens (tertiary/aromatic N) is 3. The summed E-state index contributed by atoms with van der Waals surface area (Å²) in [4.78, 5) is 7.44. The molecule has 5 nitrogen and oxygen atoms in total. The molecule has 138 valence electrons. The monoisotopic (exact) mass is 352 g/mol. The van der Waals surface area contributed by atoms with Gasteiger partial charge in [-0.2, -0.15) is 5.10 Å². The highest BCUT2D eigenvalue weighted by atomic mass is 16.5. The Kier molecular flexibility index (Phi) is 4.00. The number of fused-ring (bicyclic) bond motifs is 1. The molecule has 2 aliphatic heterocycles. The number of aromatic nitrogens is 3. The van der Waals surface area contributed by atoms with E-state index in [0.29, 0.717) is 11.3 Å². The van der Waals surface area contributed by atoms with Crippen LogP contribution in [0.1, 0.15) is 61.3 Å². The van der Waals surface area contributed by atoms with Crippen molar-refractivity contribution in [3.8, 4) is 5.75 Å². The summed E-state index contributed by atoms with van der Waals surface area (Å²) in [5.41, 5.74) is 3.16. The Hall–Kier alpha value is -1.88. The average Bonchev–Trinajstić information content (AvgIpc) is 3.42. The molecular weight excluding hydrogens is 324 g/mol. The lowest BCUT2D eigenvalue weighted by atomic mass is 9.76. The third-order valence-electron chi connectivity index (χ3n) is 6.67. The molecule has 1 atom stereocenters. The van der Waals surface area contributed by atoms with Gasteiger partial charge in [-0.3, -0.25) is 10.00 Å². The van der Waals surface area contributed by atoms with Gasteiger partial charge in [0.15, 0.2) is 5.82 Å². The molecule has 2 fully saturated rings. The quantitative estimate of drug-likeness (QED) is 0.915. The van der Waals surface area contributed by atoms with Crippen LogP contribution in [0.15, 0.2) is 18.2 Å². The zero-order valence-electron chi connectivity index (χ0n) is 15.6. The zero-order chi connectivity index (χ0) is 17.6. The minimum atomic E-state index is 0.382. The van der Waals surface area contributed by atoms with Crippen molar-refractivity contribution >= 4 is 0 Å². The summed E-state index contributed by atoms with van der Waals surface area (Å²) in [7, 11) is 0. The van der Waals surface area contributed by atoms with Gasteiger partial charge in [-0.25, -0.2) is 4.98 Å². The number of rotatable bonds is 4. The fourth-order valence-electron chi connectivity index (χ4n) is 5.35. The highest BCUT2D eigenvalue weighted by Crippen LogP contribution is 2.53. The number of aromatic amines is 1. The molecule has 3 aliphatic rings. The molecule has 1 aromatic carbocycles. The number of benzene rings is 1. The Morgan fingerprint density at radius 2 is 2.19 bits per heavy atom. The van der Waals surface area contributed by atoms with E-state index in [-0.39, 0.29) is 0 Å². The molecule has 5 rings (SSSR count). The van der Waals surface area contributed by atoms with Crippen LogP contribution in [-0.4, -0.2) is 39.8 Å². The van der Waals surface area contributed by atoms with Crippen LogP contribution in [0, 0.1) is 5.41 Å². The van der Waals surface area contributed by atoms with Gasteiger partial charge in [-0.15, -0.1) is 0 Å². The van der Waals surface area contributed by atoms with Crippen LogP contribution in [0.25, 0.3) is 0 Å². The molecule has 1 unspecified atom stereocenters. The van der Waals surface area contributed by atoms with E-state index < -0.39 is 0 Å². The minimum absolute atomic E-state index is 0.382. The molecule has 1 spiro atoms. The molecule has 1 saturated heterocycles. The van der Waals surface area contributed by atoms with Gasteiger partial charge in [0.1, 0.15) is 11.6 Å². The lowest BCUT2D eigenvalue weighted by Gasteiger charge is -2.28. The van der Waals surface area contributed by atoms with Crippen LogP contribution in [-0.2, 0) is 19.4 Å². The highest BCUT2D eigenvalue weighted by molar-refractivity contribution is 5.39. The Bertz CT molecular complexity index is 793. The predicted octanol–water partition coefficient (Wildman–Crippen LogP) is 3.46. The number of hydrogen-bond acceptors (Lipinski definition) is 4. The van der Waals surface area contributed by atoms with E-state index in [1.54, 1.807) is 0 Å². The number of aryl methyl sites for hydroxylation is 1. The SMILES string of the molecule is CCc1nc(C2CN(Cc3ccc4c(c3)CCO4)CC23CCCC3)n[nH]1. The highest BCUT2D eigenvalue weighted by Gasteiger charge is 2.50. The lowest BCUT2D eigenvalue weighted by Crippen LogP contribution is -2.27. The maximum absolute atomic E-state index is 5.65. The van der Waals surface area contributed by atoms with Crippen LogP contribution >= 0.6 is 0 Å². The summed E-state index contributed by atoms with van der Waals surface area (Å²) in [6, 6.07) is 6.74. The van der Waals surface area contributed by atoms with Crippen LogP contribution in [0.5, 0.6) is 5.75 Å². The first-order valence-corrected chi connectivity index (χ1v) is 10.1. The molecule has 1 saturated carbocycles. The van der Waals surface area contributed by atoms with Crippen molar-refractivity contribution in [3.63, 3.8) is 0 Å². The second kappa shape index (κ2) is 6.38. The number of hydrogen-bond donors (Lipinski definition) is 1. The van der Waals surface area contributed by atoms with Crippen LogP contribution in [0.4, 0.5) is 0 Å². The topological polar surface area (TPSA) is 54.0 Å². The number of H-pyrrole nitrogens is 1. The number of ether oxygens (including phenoxy) is 1. The van der Waals surface area contributed by atoms with Gasteiger partial charge in [0.25, 0.3) is 0 Å². The second-order valence-corrected chi connectivity index (χ2v) is 8.33. The van der Waals surface area contributed by atoms with Gasteiger partial charge in [-0.1, -0.05) is 31.9 Å². The van der Waals surface area contributed by atoms with Crippen molar-refractivity contribution in [3.05, 3.63) is 41.0 Å². The van der Waals surface area contributed by atoms with Gasteiger partial charge in [-0.05, 0) is 35.4 Å². The van der Waals surface area contributed by atoms with E-state index in [4.69, 9.17) is 9.72 Å². The van der Waals surface area contributed by atoms with Crippen molar-refractivity contribution < 1.29 is 4.74 Å². The van der Waals surface area contributed by atoms with Crippen LogP contribution in [0.2, 0.25) is 0 Å². The first-order valence-electron chi connectivity index (χ1n) is 10.1. The van der Waals surface area contributed by atoms with Crippen molar-refractivity contribution in [2.45, 2.75) is 57.9 Å². The first kappa shape index (κ1) is 16.3. The molecule has 1 aromatic heterocycles. The Balaban J connectivity index is 1.37. The maximum atomic E-state index is 5.65. The van der Waals surface area contributed by atoms with E-state index >= 15 is 0 Å². The standard InChI is InChI=1S/C21H28N4O/c1-2-19-22-20(24-23-19)17-13-25(14-21(17)8-3-4-9-21)12-15-5-6-18-16(11-15)7-10-26-18/h5-6,11,17H,2-4,7-10,12-14H2,1H3,(H,22,23,24). The first-order chi connectivity index (χ1) is 12.8. The third kappa shape index (κ3) is 2.73. The Morgan fingerprint density at radius 1 is 1.31 bits per heavy atom. The van der Waals surface area contributed by atoms with Gasteiger partial charge in [0.2, 0.25) is 0 Å². The van der Waals surface area contributed by atoms with E-state index in [1.807, 2.05) is 0 Å². The fourth-order valence-corrected chi connectivity index (χ4v) is 5.35. The van der Waals surface area contributed by atoms with Crippen molar-refractivity contribution in [1.29, 1.82) is 0 Å². The minimum Gasteiger partial charge on any atom is -0.493 e. The maximum Gasteiger partial charge on any atom is 0.155 e. The summed E-state index contributed by atoms with van der Waals surface area (Å²) in [5.74, 6) is 3.62. The lowest BCUT2D eigenvalue weighted by molar-refractivity contribution is 0.245. The fraction of sp³-hybridized carbons (Fsp3) is 0.619. The molecule has 5 heteroatoms.